The SMILES string of the molecule is CC(C)(CC1Cc2ccccc2C1)NCC(O)COc1ccc2c(c1)C1C(O2)C1C(=O)O. The minimum atomic E-state index is -0.817. The van der Waals surface area contributed by atoms with Crippen molar-refractivity contribution in [1.82, 2.24) is 5.32 Å². The zero-order valence-corrected chi connectivity index (χ0v) is 18.6. The molecule has 6 nitrogen and oxygen atoms in total. The van der Waals surface area contributed by atoms with Crippen molar-refractivity contribution in [2.24, 2.45) is 11.8 Å². The Labute approximate surface area is 188 Å². The molecule has 1 fully saturated rings. The zero-order valence-electron chi connectivity index (χ0n) is 18.6. The second-order valence-electron chi connectivity index (χ2n) is 10.1. The van der Waals surface area contributed by atoms with E-state index in [0.29, 0.717) is 18.2 Å². The number of hydrogen-bond acceptors (Lipinski definition) is 5. The maximum atomic E-state index is 11.3. The molecule has 5 rings (SSSR count). The number of β-amino-alcohol motifs (C(OH)–C–C–N with tert-alkyl or cyclic N) is 1. The fraction of sp³-hybridized carbons (Fsp3) is 0.500. The summed E-state index contributed by atoms with van der Waals surface area (Å²) < 4.78 is 11.5. The van der Waals surface area contributed by atoms with Crippen molar-refractivity contribution in [2.75, 3.05) is 13.2 Å². The average Bonchev–Trinajstić information content (AvgIpc) is 3.13. The van der Waals surface area contributed by atoms with Gasteiger partial charge >= 0.3 is 5.97 Å². The van der Waals surface area contributed by atoms with Crippen LogP contribution in [0.2, 0.25) is 0 Å². The molecule has 32 heavy (non-hydrogen) atoms. The van der Waals surface area contributed by atoms with Crippen LogP contribution >= 0.6 is 0 Å². The van der Waals surface area contributed by atoms with E-state index >= 15 is 0 Å². The second-order valence-corrected chi connectivity index (χ2v) is 10.1. The number of benzene rings is 2. The molecule has 1 heterocycles. The molecule has 1 saturated carbocycles. The van der Waals surface area contributed by atoms with Crippen LogP contribution in [0.3, 0.4) is 0 Å². The Bertz CT molecular complexity index is 994. The van der Waals surface area contributed by atoms with Gasteiger partial charge in [0, 0.05) is 23.6 Å². The number of fused-ring (bicyclic) bond motifs is 4. The molecule has 2 aliphatic carbocycles. The number of carbonyl (C=O) groups is 1. The lowest BCUT2D eigenvalue weighted by Gasteiger charge is -2.30. The summed E-state index contributed by atoms with van der Waals surface area (Å²) in [6, 6.07) is 14.2. The van der Waals surface area contributed by atoms with Gasteiger partial charge in [-0.1, -0.05) is 24.3 Å². The number of ether oxygens (including phenoxy) is 2. The Morgan fingerprint density at radius 2 is 1.94 bits per heavy atom. The van der Waals surface area contributed by atoms with Crippen LogP contribution < -0.4 is 14.8 Å². The summed E-state index contributed by atoms with van der Waals surface area (Å²) in [4.78, 5) is 11.3. The summed E-state index contributed by atoms with van der Waals surface area (Å²) in [5.74, 6) is 0.636. The van der Waals surface area contributed by atoms with Gasteiger partial charge in [0.15, 0.2) is 0 Å². The first-order valence-electron chi connectivity index (χ1n) is 11.5. The normalized spacial score (nSPS) is 24.3. The monoisotopic (exact) mass is 437 g/mol. The lowest BCUT2D eigenvalue weighted by Crippen LogP contribution is -2.46. The minimum Gasteiger partial charge on any atom is -0.491 e. The number of hydrogen-bond donors (Lipinski definition) is 3. The van der Waals surface area contributed by atoms with Gasteiger partial charge in [-0.3, -0.25) is 4.79 Å². The number of nitrogens with one attached hydrogen (secondary N) is 1. The van der Waals surface area contributed by atoms with Crippen LogP contribution in [0.1, 0.15) is 42.9 Å². The molecule has 0 bridgehead atoms. The Morgan fingerprint density at radius 1 is 1.22 bits per heavy atom. The highest BCUT2D eigenvalue weighted by Crippen LogP contribution is 2.58. The van der Waals surface area contributed by atoms with Gasteiger partial charge in [-0.25, -0.2) is 0 Å². The first-order valence-corrected chi connectivity index (χ1v) is 11.5. The van der Waals surface area contributed by atoms with Gasteiger partial charge in [0.25, 0.3) is 0 Å². The molecule has 2 aromatic carbocycles. The molecular formula is C26H31NO5. The first kappa shape index (κ1) is 21.3. The lowest BCUT2D eigenvalue weighted by atomic mass is 9.88. The largest absolute Gasteiger partial charge is 0.491 e. The first-order chi connectivity index (χ1) is 15.3. The van der Waals surface area contributed by atoms with Crippen LogP contribution in [0, 0.1) is 11.8 Å². The molecule has 0 spiro atoms. The third kappa shape index (κ3) is 4.21. The number of rotatable bonds is 9. The van der Waals surface area contributed by atoms with Gasteiger partial charge in [-0.15, -0.1) is 0 Å². The van der Waals surface area contributed by atoms with Gasteiger partial charge < -0.3 is 25.0 Å². The maximum Gasteiger partial charge on any atom is 0.311 e. The maximum absolute atomic E-state index is 11.3. The average molecular weight is 438 g/mol. The fourth-order valence-electron chi connectivity index (χ4n) is 5.46. The van der Waals surface area contributed by atoms with Crippen LogP contribution in [0.25, 0.3) is 0 Å². The van der Waals surface area contributed by atoms with Gasteiger partial charge in [-0.05, 0) is 68.4 Å². The van der Waals surface area contributed by atoms with E-state index in [1.165, 1.54) is 11.1 Å². The number of carboxylic acids is 1. The van der Waals surface area contributed by atoms with Crippen LogP contribution in [-0.4, -0.2) is 47.1 Å². The van der Waals surface area contributed by atoms with Crippen molar-refractivity contribution in [1.29, 1.82) is 0 Å². The van der Waals surface area contributed by atoms with Crippen LogP contribution in [0.5, 0.6) is 11.5 Å². The minimum absolute atomic E-state index is 0.0779. The molecule has 4 atom stereocenters. The Balaban J connectivity index is 1.08. The summed E-state index contributed by atoms with van der Waals surface area (Å²) in [5, 5.41) is 23.2. The van der Waals surface area contributed by atoms with E-state index in [4.69, 9.17) is 9.47 Å². The summed E-state index contributed by atoms with van der Waals surface area (Å²) in [5.41, 5.74) is 3.75. The van der Waals surface area contributed by atoms with Crippen molar-refractivity contribution in [3.8, 4) is 11.5 Å². The number of aliphatic hydroxyl groups is 1. The van der Waals surface area contributed by atoms with Gasteiger partial charge in [0.1, 0.15) is 36.2 Å². The quantitative estimate of drug-likeness (QED) is 0.559. The fourth-order valence-corrected chi connectivity index (χ4v) is 5.46. The highest BCUT2D eigenvalue weighted by atomic mass is 16.5. The van der Waals surface area contributed by atoms with Crippen LogP contribution in [0.15, 0.2) is 42.5 Å². The van der Waals surface area contributed by atoms with E-state index < -0.39 is 18.0 Å². The molecule has 3 aliphatic rings. The van der Waals surface area contributed by atoms with Crippen molar-refractivity contribution < 1.29 is 24.5 Å². The topological polar surface area (TPSA) is 88.0 Å². The third-order valence-corrected chi connectivity index (χ3v) is 7.04. The van der Waals surface area contributed by atoms with Crippen molar-refractivity contribution in [2.45, 2.75) is 56.8 Å². The predicted octanol–water partition coefficient (Wildman–Crippen LogP) is 3.16. The number of aliphatic carboxylic acids is 1. The van der Waals surface area contributed by atoms with Crippen LogP contribution in [-0.2, 0) is 17.6 Å². The molecular weight excluding hydrogens is 406 g/mol. The lowest BCUT2D eigenvalue weighted by molar-refractivity contribution is -0.139. The molecule has 0 aromatic heterocycles. The number of carboxylic acid groups (broad SMARTS) is 1. The molecule has 170 valence electrons. The van der Waals surface area contributed by atoms with E-state index in [-0.39, 0.29) is 24.2 Å². The Hall–Kier alpha value is -2.57. The summed E-state index contributed by atoms with van der Waals surface area (Å²) >= 11 is 0. The van der Waals surface area contributed by atoms with Crippen LogP contribution in [0.4, 0.5) is 0 Å². The number of aliphatic hydroxyl groups excluding tert-OH is 1. The molecule has 4 unspecified atom stereocenters. The van der Waals surface area contributed by atoms with Gasteiger partial charge in [0.2, 0.25) is 0 Å². The molecule has 0 radical (unpaired) electrons. The van der Waals surface area contributed by atoms with E-state index in [1.54, 1.807) is 6.07 Å². The standard InChI is InChI=1S/C26H31NO5/c1-26(2,12-15-9-16-5-3-4-6-17(16)10-15)27-13-18(28)14-31-19-7-8-21-20(11-19)22-23(25(29)30)24(22)32-21/h3-8,11,15,18,22-24,27-28H,9-10,12-14H2,1-2H3,(H,29,30). The molecule has 6 heteroatoms. The predicted molar refractivity (Wildman–Crippen MR) is 120 cm³/mol. The van der Waals surface area contributed by atoms with Gasteiger partial charge in [-0.2, -0.15) is 0 Å². The summed E-state index contributed by atoms with van der Waals surface area (Å²) in [6.07, 6.45) is 2.41. The Kier molecular flexibility index (Phi) is 5.38. The van der Waals surface area contributed by atoms with E-state index in [0.717, 1.165) is 30.6 Å². The van der Waals surface area contributed by atoms with Gasteiger partial charge in [0.05, 0.1) is 0 Å². The molecule has 1 aliphatic heterocycles. The van der Waals surface area contributed by atoms with Crippen molar-refractivity contribution >= 4 is 5.97 Å². The second kappa shape index (κ2) is 8.09. The van der Waals surface area contributed by atoms with Crippen molar-refractivity contribution in [3.05, 3.63) is 59.2 Å². The third-order valence-electron chi connectivity index (χ3n) is 7.04. The molecule has 2 aromatic rings. The zero-order chi connectivity index (χ0) is 22.5. The molecule has 0 saturated heterocycles. The summed E-state index contributed by atoms with van der Waals surface area (Å²) in [7, 11) is 0. The molecule has 0 amide bonds. The summed E-state index contributed by atoms with van der Waals surface area (Å²) in [6.45, 7) is 5.00. The highest BCUT2D eigenvalue weighted by Gasteiger charge is 2.63. The smallest absolute Gasteiger partial charge is 0.311 e. The van der Waals surface area contributed by atoms with E-state index in [1.807, 2.05) is 12.1 Å². The van der Waals surface area contributed by atoms with E-state index in [2.05, 4.69) is 43.4 Å². The van der Waals surface area contributed by atoms with E-state index in [9.17, 15) is 15.0 Å². The molecule has 3 N–H and O–H groups in total. The highest BCUT2D eigenvalue weighted by molar-refractivity contribution is 5.79. The Morgan fingerprint density at radius 3 is 2.62 bits per heavy atom. The van der Waals surface area contributed by atoms with Crippen molar-refractivity contribution in [3.63, 3.8) is 0 Å².